The van der Waals surface area contributed by atoms with Crippen LogP contribution in [0.3, 0.4) is 0 Å². The summed E-state index contributed by atoms with van der Waals surface area (Å²) in [7, 11) is 0. The number of benzene rings is 1. The summed E-state index contributed by atoms with van der Waals surface area (Å²) in [5.74, 6) is 0. The van der Waals surface area contributed by atoms with Gasteiger partial charge >= 0.3 is 6.18 Å². The Morgan fingerprint density at radius 2 is 1.90 bits per heavy atom. The molecule has 0 saturated heterocycles. The van der Waals surface area contributed by atoms with Crippen LogP contribution in [-0.2, 0) is 12.7 Å². The maximum absolute atomic E-state index is 12.6. The number of hydrogen-bond acceptors (Lipinski definition) is 1. The Morgan fingerprint density at radius 1 is 1.15 bits per heavy atom. The maximum Gasteiger partial charge on any atom is 0.416 e. The van der Waals surface area contributed by atoms with Crippen LogP contribution in [0.15, 0.2) is 24.3 Å². The van der Waals surface area contributed by atoms with Gasteiger partial charge in [0.15, 0.2) is 0 Å². The summed E-state index contributed by atoms with van der Waals surface area (Å²) in [6.07, 6.45) is 1.13. The van der Waals surface area contributed by atoms with Crippen LogP contribution in [0, 0.1) is 0 Å². The zero-order valence-electron chi connectivity index (χ0n) is 11.2. The van der Waals surface area contributed by atoms with Gasteiger partial charge in [-0.3, -0.25) is 0 Å². The summed E-state index contributed by atoms with van der Waals surface area (Å²) in [6, 6.07) is 5.65. The molecule has 0 spiro atoms. The van der Waals surface area contributed by atoms with Crippen molar-refractivity contribution < 1.29 is 13.2 Å². The molecule has 20 heavy (non-hydrogen) atoms. The van der Waals surface area contributed by atoms with Crippen LogP contribution in [-0.4, -0.2) is 11.4 Å². The fourth-order valence-corrected chi connectivity index (χ4v) is 2.97. The Labute approximate surface area is 122 Å². The van der Waals surface area contributed by atoms with E-state index in [9.17, 15) is 13.2 Å². The third kappa shape index (κ3) is 4.38. The topological polar surface area (TPSA) is 12.0 Å². The highest BCUT2D eigenvalue weighted by molar-refractivity contribution is 6.21. The fraction of sp³-hybridized carbons (Fsp3) is 0.600. The zero-order valence-corrected chi connectivity index (χ0v) is 12.0. The van der Waals surface area contributed by atoms with Gasteiger partial charge in [-0.25, -0.2) is 0 Å². The molecule has 1 aromatic rings. The van der Waals surface area contributed by atoms with E-state index >= 15 is 0 Å². The molecule has 1 fully saturated rings. The predicted octanol–water partition coefficient (Wildman–Crippen LogP) is 4.74. The van der Waals surface area contributed by atoms with Crippen molar-refractivity contribution in [3.63, 3.8) is 0 Å². The van der Waals surface area contributed by atoms with E-state index in [-0.39, 0.29) is 11.4 Å². The molecule has 1 aliphatic rings. The molecule has 0 radical (unpaired) electrons. The molecule has 1 aliphatic carbocycles. The minimum Gasteiger partial charge on any atom is -0.308 e. The number of nitrogens with one attached hydrogen (secondary N) is 1. The van der Waals surface area contributed by atoms with Gasteiger partial charge in [0.2, 0.25) is 0 Å². The summed E-state index contributed by atoms with van der Waals surface area (Å²) in [5, 5.41) is 3.38. The zero-order chi connectivity index (χ0) is 14.6. The summed E-state index contributed by atoms with van der Waals surface area (Å²) in [6.45, 7) is 0.428. The minimum atomic E-state index is -4.28. The molecule has 5 heteroatoms. The fourth-order valence-electron chi connectivity index (χ4n) is 2.60. The molecule has 2 unspecified atom stereocenters. The lowest BCUT2D eigenvalue weighted by molar-refractivity contribution is -0.137. The van der Waals surface area contributed by atoms with E-state index in [4.69, 9.17) is 11.6 Å². The van der Waals surface area contributed by atoms with E-state index in [0.29, 0.717) is 12.1 Å². The quantitative estimate of drug-likeness (QED) is 0.628. The van der Waals surface area contributed by atoms with Crippen molar-refractivity contribution in [1.82, 2.24) is 5.32 Å². The van der Waals surface area contributed by atoms with Crippen molar-refractivity contribution in [2.75, 3.05) is 0 Å². The SMILES string of the molecule is FC(F)(F)c1cccc(CNC2CCCCCC2Cl)c1. The monoisotopic (exact) mass is 305 g/mol. The van der Waals surface area contributed by atoms with Crippen LogP contribution in [0.2, 0.25) is 0 Å². The second-order valence-corrected chi connectivity index (χ2v) is 5.90. The largest absolute Gasteiger partial charge is 0.416 e. The number of hydrogen-bond donors (Lipinski definition) is 1. The van der Waals surface area contributed by atoms with E-state index in [1.807, 2.05) is 0 Å². The Kier molecular flexibility index (Phi) is 5.33. The molecule has 0 amide bonds. The van der Waals surface area contributed by atoms with Crippen LogP contribution in [0.5, 0.6) is 0 Å². The molecule has 1 nitrogen and oxygen atoms in total. The summed E-state index contributed by atoms with van der Waals surface area (Å²) in [5.41, 5.74) is 0.0491. The van der Waals surface area contributed by atoms with E-state index in [1.165, 1.54) is 18.6 Å². The lowest BCUT2D eigenvalue weighted by Crippen LogP contribution is -2.35. The van der Waals surface area contributed by atoms with E-state index in [1.54, 1.807) is 6.07 Å². The maximum atomic E-state index is 12.6. The van der Waals surface area contributed by atoms with Gasteiger partial charge in [0, 0.05) is 18.0 Å². The van der Waals surface area contributed by atoms with E-state index in [0.717, 1.165) is 31.7 Å². The normalized spacial score (nSPS) is 24.4. The van der Waals surface area contributed by atoms with Gasteiger partial charge in [-0.2, -0.15) is 13.2 Å². The lowest BCUT2D eigenvalue weighted by Gasteiger charge is -2.21. The molecule has 1 N–H and O–H groups in total. The van der Waals surface area contributed by atoms with Gasteiger partial charge in [-0.05, 0) is 24.5 Å². The molecule has 1 aromatic carbocycles. The van der Waals surface area contributed by atoms with Crippen molar-refractivity contribution in [3.8, 4) is 0 Å². The Bertz CT molecular complexity index is 433. The number of halogens is 4. The molecule has 2 atom stereocenters. The number of alkyl halides is 4. The van der Waals surface area contributed by atoms with Crippen LogP contribution >= 0.6 is 11.6 Å². The van der Waals surface area contributed by atoms with E-state index in [2.05, 4.69) is 5.32 Å². The van der Waals surface area contributed by atoms with Crippen molar-refractivity contribution in [3.05, 3.63) is 35.4 Å². The molecule has 2 rings (SSSR count). The van der Waals surface area contributed by atoms with Crippen molar-refractivity contribution in [2.24, 2.45) is 0 Å². The molecular weight excluding hydrogens is 287 g/mol. The van der Waals surface area contributed by atoms with Crippen LogP contribution < -0.4 is 5.32 Å². The average molecular weight is 306 g/mol. The van der Waals surface area contributed by atoms with Gasteiger partial charge in [0.1, 0.15) is 0 Å². The second kappa shape index (κ2) is 6.81. The van der Waals surface area contributed by atoms with Crippen molar-refractivity contribution >= 4 is 11.6 Å². The molecule has 0 aromatic heterocycles. The molecule has 112 valence electrons. The summed E-state index contributed by atoms with van der Waals surface area (Å²) < 4.78 is 37.9. The molecule has 0 heterocycles. The molecular formula is C15H19ClF3N. The molecule has 1 saturated carbocycles. The Balaban J connectivity index is 1.96. The van der Waals surface area contributed by atoms with Gasteiger partial charge in [-0.1, -0.05) is 37.5 Å². The predicted molar refractivity (Wildman–Crippen MR) is 74.8 cm³/mol. The highest BCUT2D eigenvalue weighted by atomic mass is 35.5. The first kappa shape index (κ1) is 15.6. The smallest absolute Gasteiger partial charge is 0.308 e. The van der Waals surface area contributed by atoms with Crippen LogP contribution in [0.4, 0.5) is 13.2 Å². The van der Waals surface area contributed by atoms with Crippen LogP contribution in [0.25, 0.3) is 0 Å². The van der Waals surface area contributed by atoms with Gasteiger partial charge in [-0.15, -0.1) is 11.6 Å². The first-order valence-corrected chi connectivity index (χ1v) is 7.44. The number of rotatable bonds is 3. The van der Waals surface area contributed by atoms with Gasteiger partial charge < -0.3 is 5.32 Å². The third-order valence-electron chi connectivity index (χ3n) is 3.75. The Morgan fingerprint density at radius 3 is 2.65 bits per heavy atom. The third-order valence-corrected chi connectivity index (χ3v) is 4.28. The van der Waals surface area contributed by atoms with Gasteiger partial charge in [0.05, 0.1) is 5.56 Å². The van der Waals surface area contributed by atoms with Crippen LogP contribution in [0.1, 0.15) is 43.2 Å². The average Bonchev–Trinajstić information content (AvgIpc) is 2.60. The Hall–Kier alpha value is -0.740. The first-order valence-electron chi connectivity index (χ1n) is 7.00. The lowest BCUT2D eigenvalue weighted by atomic mass is 10.1. The van der Waals surface area contributed by atoms with E-state index < -0.39 is 11.7 Å². The highest BCUT2D eigenvalue weighted by Gasteiger charge is 2.30. The highest BCUT2D eigenvalue weighted by Crippen LogP contribution is 2.29. The molecule has 0 bridgehead atoms. The standard InChI is InChI=1S/C15H19ClF3N/c16-13-7-2-1-3-8-14(13)20-10-11-5-4-6-12(9-11)15(17,18)19/h4-6,9,13-14,20H,1-3,7-8,10H2. The summed E-state index contributed by atoms with van der Waals surface area (Å²) in [4.78, 5) is 0. The van der Waals surface area contributed by atoms with Gasteiger partial charge in [0.25, 0.3) is 0 Å². The summed E-state index contributed by atoms with van der Waals surface area (Å²) >= 11 is 6.31. The second-order valence-electron chi connectivity index (χ2n) is 5.34. The van der Waals surface area contributed by atoms with Crippen molar-refractivity contribution in [1.29, 1.82) is 0 Å². The van der Waals surface area contributed by atoms with Crippen molar-refractivity contribution in [2.45, 2.75) is 56.2 Å². The first-order chi connectivity index (χ1) is 9.47. The minimum absolute atomic E-state index is 0.0725. The molecule has 0 aliphatic heterocycles.